The van der Waals surface area contributed by atoms with E-state index in [1.54, 1.807) is 12.3 Å². The largest absolute Gasteiger partial charge is 0.364 e. The topological polar surface area (TPSA) is 102 Å². The van der Waals surface area contributed by atoms with Crippen LogP contribution in [0.1, 0.15) is 33.9 Å². The van der Waals surface area contributed by atoms with Crippen molar-refractivity contribution >= 4 is 16.8 Å². The van der Waals surface area contributed by atoms with E-state index in [-0.39, 0.29) is 5.69 Å². The van der Waals surface area contributed by atoms with E-state index in [1.165, 1.54) is 17.7 Å². The maximum Gasteiger partial charge on any atom is 0.267 e. The number of aromatic amines is 1. The number of amides is 1. The summed E-state index contributed by atoms with van der Waals surface area (Å²) in [5.74, 6) is -0.509. The summed E-state index contributed by atoms with van der Waals surface area (Å²) in [6, 6.07) is 3.67. The third-order valence-corrected chi connectivity index (χ3v) is 4.38. The zero-order valence-corrected chi connectivity index (χ0v) is 12.7. The third-order valence-electron chi connectivity index (χ3n) is 4.38. The van der Waals surface area contributed by atoms with Gasteiger partial charge >= 0.3 is 0 Å². The van der Waals surface area contributed by atoms with Gasteiger partial charge in [0.2, 0.25) is 0 Å². The highest BCUT2D eigenvalue weighted by molar-refractivity contribution is 5.94. The SMILES string of the molecule is NC(=O)c1cc2ccn(CNCc3n[nH]c4c3CCC4)c2cn1. The van der Waals surface area contributed by atoms with Gasteiger partial charge in [-0.25, -0.2) is 4.98 Å². The Kier molecular flexibility index (Phi) is 3.34. The Morgan fingerprint density at radius 1 is 1.43 bits per heavy atom. The summed E-state index contributed by atoms with van der Waals surface area (Å²) < 4.78 is 2.06. The molecule has 4 rings (SSSR count). The van der Waals surface area contributed by atoms with E-state index in [1.807, 2.05) is 12.3 Å². The van der Waals surface area contributed by atoms with E-state index in [0.717, 1.165) is 36.0 Å². The van der Waals surface area contributed by atoms with Gasteiger partial charge in [-0.05, 0) is 37.0 Å². The molecule has 0 bridgehead atoms. The van der Waals surface area contributed by atoms with Gasteiger partial charge in [0, 0.05) is 23.8 Å². The van der Waals surface area contributed by atoms with Crippen LogP contribution in [-0.2, 0) is 26.1 Å². The summed E-state index contributed by atoms with van der Waals surface area (Å²) in [7, 11) is 0. The Morgan fingerprint density at radius 3 is 3.22 bits per heavy atom. The lowest BCUT2D eigenvalue weighted by molar-refractivity contribution is 0.0996. The van der Waals surface area contributed by atoms with E-state index in [0.29, 0.717) is 6.67 Å². The van der Waals surface area contributed by atoms with Gasteiger partial charge in [0.05, 0.1) is 24.1 Å². The van der Waals surface area contributed by atoms with Gasteiger partial charge in [0.25, 0.3) is 5.91 Å². The molecular weight excluding hydrogens is 292 g/mol. The number of primary amides is 1. The number of carbonyl (C=O) groups excluding carboxylic acids is 1. The number of hydrogen-bond acceptors (Lipinski definition) is 4. The molecule has 7 nitrogen and oxygen atoms in total. The molecular formula is C16H18N6O. The fourth-order valence-corrected chi connectivity index (χ4v) is 3.19. The number of nitrogens with zero attached hydrogens (tertiary/aromatic N) is 3. The molecule has 3 aromatic heterocycles. The summed E-state index contributed by atoms with van der Waals surface area (Å²) in [4.78, 5) is 15.3. The zero-order valence-electron chi connectivity index (χ0n) is 12.7. The Balaban J connectivity index is 1.46. The number of nitrogens with two attached hydrogens (primary N) is 1. The lowest BCUT2D eigenvalue weighted by atomic mass is 10.2. The van der Waals surface area contributed by atoms with Gasteiger partial charge in [0.1, 0.15) is 5.69 Å². The van der Waals surface area contributed by atoms with Crippen molar-refractivity contribution in [3.8, 4) is 0 Å². The summed E-state index contributed by atoms with van der Waals surface area (Å²) in [6.45, 7) is 1.39. The minimum absolute atomic E-state index is 0.287. The lowest BCUT2D eigenvalue weighted by Gasteiger charge is -2.07. The number of rotatable bonds is 5. The van der Waals surface area contributed by atoms with Crippen molar-refractivity contribution in [2.75, 3.05) is 0 Å². The minimum atomic E-state index is -0.509. The molecule has 0 fully saturated rings. The average Bonchev–Trinajstić information content (AvgIpc) is 3.23. The van der Waals surface area contributed by atoms with Gasteiger partial charge in [-0.1, -0.05) is 0 Å². The Bertz CT molecular complexity index is 878. The van der Waals surface area contributed by atoms with Gasteiger partial charge in [0.15, 0.2) is 0 Å². The zero-order chi connectivity index (χ0) is 15.8. The Hall–Kier alpha value is -2.67. The van der Waals surface area contributed by atoms with Crippen molar-refractivity contribution in [3.63, 3.8) is 0 Å². The molecule has 1 amide bonds. The molecule has 0 spiro atoms. The van der Waals surface area contributed by atoms with Gasteiger partial charge in [-0.2, -0.15) is 5.10 Å². The van der Waals surface area contributed by atoms with Crippen molar-refractivity contribution in [2.45, 2.75) is 32.5 Å². The highest BCUT2D eigenvalue weighted by Crippen LogP contribution is 2.22. The standard InChI is InChI=1S/C16H18N6O/c17-16(23)13-6-10-4-5-22(15(10)8-19-13)9-18-7-14-11-2-1-3-12(11)20-21-14/h4-6,8,18H,1-3,7,9H2,(H2,17,23)(H,20,21). The monoisotopic (exact) mass is 310 g/mol. The third kappa shape index (κ3) is 2.49. The first-order valence-electron chi connectivity index (χ1n) is 7.73. The molecule has 0 aromatic carbocycles. The molecule has 0 unspecified atom stereocenters. The summed E-state index contributed by atoms with van der Waals surface area (Å²) in [6.07, 6.45) is 7.10. The van der Waals surface area contributed by atoms with Crippen LogP contribution < -0.4 is 11.1 Å². The highest BCUT2D eigenvalue weighted by atomic mass is 16.1. The second-order valence-electron chi connectivity index (χ2n) is 5.84. The first-order valence-corrected chi connectivity index (χ1v) is 7.73. The summed E-state index contributed by atoms with van der Waals surface area (Å²) >= 11 is 0. The van der Waals surface area contributed by atoms with Gasteiger partial charge in [-0.15, -0.1) is 0 Å². The lowest BCUT2D eigenvalue weighted by Crippen LogP contribution is -2.18. The maximum absolute atomic E-state index is 11.2. The number of aromatic nitrogens is 4. The second kappa shape index (κ2) is 5.51. The predicted octanol–water partition coefficient (Wildman–Crippen LogP) is 1.09. The average molecular weight is 310 g/mol. The van der Waals surface area contributed by atoms with Gasteiger partial charge in [-0.3, -0.25) is 15.2 Å². The molecule has 7 heteroatoms. The molecule has 0 aliphatic heterocycles. The van der Waals surface area contributed by atoms with Crippen molar-refractivity contribution in [3.05, 3.63) is 47.2 Å². The molecule has 0 saturated carbocycles. The van der Waals surface area contributed by atoms with Crippen LogP contribution in [0.4, 0.5) is 0 Å². The van der Waals surface area contributed by atoms with Crippen LogP contribution in [0.25, 0.3) is 10.9 Å². The van der Waals surface area contributed by atoms with Crippen LogP contribution in [0, 0.1) is 0 Å². The molecule has 118 valence electrons. The van der Waals surface area contributed by atoms with Crippen molar-refractivity contribution in [1.29, 1.82) is 0 Å². The molecule has 0 atom stereocenters. The number of aryl methyl sites for hydroxylation is 1. The first-order chi connectivity index (χ1) is 11.2. The van der Waals surface area contributed by atoms with E-state index < -0.39 is 5.91 Å². The van der Waals surface area contributed by atoms with Crippen LogP contribution in [0.3, 0.4) is 0 Å². The minimum Gasteiger partial charge on any atom is -0.364 e. The van der Waals surface area contributed by atoms with E-state index in [9.17, 15) is 4.79 Å². The smallest absolute Gasteiger partial charge is 0.267 e. The number of carbonyl (C=O) groups is 1. The number of hydrogen-bond donors (Lipinski definition) is 3. The maximum atomic E-state index is 11.2. The number of pyridine rings is 1. The molecule has 1 aliphatic carbocycles. The van der Waals surface area contributed by atoms with Crippen molar-refractivity contribution in [1.82, 2.24) is 25.1 Å². The van der Waals surface area contributed by atoms with E-state index in [2.05, 4.69) is 25.1 Å². The Morgan fingerprint density at radius 2 is 2.35 bits per heavy atom. The van der Waals surface area contributed by atoms with Crippen LogP contribution >= 0.6 is 0 Å². The van der Waals surface area contributed by atoms with Gasteiger partial charge < -0.3 is 10.3 Å². The fourth-order valence-electron chi connectivity index (χ4n) is 3.19. The molecule has 23 heavy (non-hydrogen) atoms. The normalized spacial score (nSPS) is 13.6. The molecule has 0 saturated heterocycles. The number of H-pyrrole nitrogens is 1. The van der Waals surface area contributed by atoms with Crippen LogP contribution in [0.5, 0.6) is 0 Å². The van der Waals surface area contributed by atoms with E-state index in [4.69, 9.17) is 5.73 Å². The molecule has 1 aliphatic rings. The highest BCUT2D eigenvalue weighted by Gasteiger charge is 2.17. The molecule has 3 aromatic rings. The molecule has 4 N–H and O–H groups in total. The Labute approximate surface area is 132 Å². The van der Waals surface area contributed by atoms with E-state index >= 15 is 0 Å². The first kappa shape index (κ1) is 14.0. The number of fused-ring (bicyclic) bond motifs is 2. The summed E-state index contributed by atoms with van der Waals surface area (Å²) in [5.41, 5.74) is 10.3. The number of nitrogens with one attached hydrogen (secondary N) is 2. The van der Waals surface area contributed by atoms with Crippen LogP contribution in [0.2, 0.25) is 0 Å². The molecule has 3 heterocycles. The predicted molar refractivity (Wildman–Crippen MR) is 85.7 cm³/mol. The van der Waals surface area contributed by atoms with Crippen LogP contribution in [-0.4, -0.2) is 25.7 Å². The van der Waals surface area contributed by atoms with Crippen LogP contribution in [0.15, 0.2) is 24.5 Å². The van der Waals surface area contributed by atoms with Crippen molar-refractivity contribution in [2.24, 2.45) is 5.73 Å². The fraction of sp³-hybridized carbons (Fsp3) is 0.312. The van der Waals surface area contributed by atoms with Crippen molar-refractivity contribution < 1.29 is 4.79 Å². The molecule has 0 radical (unpaired) electrons. The second-order valence-corrected chi connectivity index (χ2v) is 5.84. The summed E-state index contributed by atoms with van der Waals surface area (Å²) in [5, 5.41) is 11.9. The quantitative estimate of drug-likeness (QED) is 0.656.